The number of nitrogens with one attached hydrogen (secondary N) is 1. The Bertz CT molecular complexity index is 513. The van der Waals surface area contributed by atoms with Crippen LogP contribution >= 0.6 is 12.4 Å². The van der Waals surface area contributed by atoms with Crippen LogP contribution in [0.2, 0.25) is 0 Å². The summed E-state index contributed by atoms with van der Waals surface area (Å²) in [7, 11) is 0. The number of H-pyrrole nitrogens is 1. The minimum atomic E-state index is 0. The van der Waals surface area contributed by atoms with Gasteiger partial charge in [0.1, 0.15) is 5.84 Å². The van der Waals surface area contributed by atoms with Crippen LogP contribution in [0.4, 0.5) is 0 Å². The van der Waals surface area contributed by atoms with E-state index in [0.29, 0.717) is 12.4 Å². The second-order valence-corrected chi connectivity index (χ2v) is 3.24. The molecule has 0 aliphatic carbocycles. The molecule has 0 amide bonds. The molecule has 1 aromatic heterocycles. The molecule has 14 heavy (non-hydrogen) atoms. The summed E-state index contributed by atoms with van der Waals surface area (Å²) in [6, 6.07) is 6.06. The van der Waals surface area contributed by atoms with Gasteiger partial charge in [-0.25, -0.2) is 0 Å². The highest BCUT2D eigenvalue weighted by atomic mass is 35.5. The van der Waals surface area contributed by atoms with Gasteiger partial charge in [-0.15, -0.1) is 12.4 Å². The summed E-state index contributed by atoms with van der Waals surface area (Å²) < 4.78 is 0. The Morgan fingerprint density at radius 3 is 3.07 bits per heavy atom. The third kappa shape index (κ3) is 1.02. The summed E-state index contributed by atoms with van der Waals surface area (Å²) >= 11 is 0. The fourth-order valence-corrected chi connectivity index (χ4v) is 1.85. The first-order valence-corrected chi connectivity index (χ1v) is 4.25. The maximum absolute atomic E-state index is 5.80. The molecule has 0 saturated heterocycles. The number of amidine groups is 1. The van der Waals surface area contributed by atoms with Crippen LogP contribution in [0.25, 0.3) is 10.9 Å². The van der Waals surface area contributed by atoms with Crippen molar-refractivity contribution >= 4 is 29.1 Å². The van der Waals surface area contributed by atoms with E-state index in [-0.39, 0.29) is 12.4 Å². The average molecular weight is 208 g/mol. The van der Waals surface area contributed by atoms with Crippen molar-refractivity contribution in [2.45, 2.75) is 6.54 Å². The molecule has 1 aromatic carbocycles. The van der Waals surface area contributed by atoms with E-state index in [1.165, 1.54) is 10.9 Å². The highest BCUT2D eigenvalue weighted by Crippen LogP contribution is 2.26. The zero-order valence-electron chi connectivity index (χ0n) is 7.45. The number of aliphatic imine (C=N–C) groups is 1. The fraction of sp³-hybridized carbons (Fsp3) is 0.100. The molecule has 72 valence electrons. The van der Waals surface area contributed by atoms with Crippen LogP contribution in [0.3, 0.4) is 0 Å². The predicted molar refractivity (Wildman–Crippen MR) is 60.0 cm³/mol. The van der Waals surface area contributed by atoms with Crippen LogP contribution < -0.4 is 5.73 Å². The zero-order chi connectivity index (χ0) is 8.84. The summed E-state index contributed by atoms with van der Waals surface area (Å²) in [6.45, 7) is 0.697. The molecule has 0 fully saturated rings. The van der Waals surface area contributed by atoms with Crippen molar-refractivity contribution in [1.29, 1.82) is 0 Å². The molecule has 0 atom stereocenters. The molecular formula is C10H10ClN3. The van der Waals surface area contributed by atoms with E-state index in [0.717, 1.165) is 11.1 Å². The van der Waals surface area contributed by atoms with Crippen LogP contribution in [0, 0.1) is 0 Å². The molecule has 2 heterocycles. The van der Waals surface area contributed by atoms with Gasteiger partial charge < -0.3 is 10.7 Å². The predicted octanol–water partition coefficient (Wildman–Crippen LogP) is 1.81. The molecule has 0 saturated carbocycles. The van der Waals surface area contributed by atoms with Gasteiger partial charge in [0.2, 0.25) is 0 Å². The normalized spacial score (nSPS) is 13.6. The second kappa shape index (κ2) is 3.03. The topological polar surface area (TPSA) is 54.2 Å². The molecule has 4 heteroatoms. The Hall–Kier alpha value is -1.48. The molecule has 0 unspecified atom stereocenters. The molecule has 0 bridgehead atoms. The van der Waals surface area contributed by atoms with E-state index >= 15 is 0 Å². The summed E-state index contributed by atoms with van der Waals surface area (Å²) in [4.78, 5) is 7.45. The lowest BCUT2D eigenvalue weighted by molar-refractivity contribution is 1.06. The van der Waals surface area contributed by atoms with Gasteiger partial charge in [-0.05, 0) is 11.6 Å². The number of hydrogen-bond acceptors (Lipinski definition) is 2. The maximum Gasteiger partial charge on any atom is 0.126 e. The standard InChI is InChI=1S/C10H9N3.ClH/c11-10-7-2-1-3-8-9(7)6(4-12-8)5-13-10;/h1-4,12H,5H2,(H2,11,13);1H. The van der Waals surface area contributed by atoms with Gasteiger partial charge in [-0.1, -0.05) is 12.1 Å². The first-order valence-electron chi connectivity index (χ1n) is 4.25. The highest BCUT2D eigenvalue weighted by Gasteiger charge is 2.14. The van der Waals surface area contributed by atoms with Crippen molar-refractivity contribution in [2.75, 3.05) is 0 Å². The van der Waals surface area contributed by atoms with E-state index in [4.69, 9.17) is 5.73 Å². The van der Waals surface area contributed by atoms with Gasteiger partial charge in [-0.3, -0.25) is 4.99 Å². The monoisotopic (exact) mass is 207 g/mol. The van der Waals surface area contributed by atoms with E-state index in [9.17, 15) is 0 Å². The number of halogens is 1. The third-order valence-electron chi connectivity index (χ3n) is 2.48. The van der Waals surface area contributed by atoms with E-state index < -0.39 is 0 Å². The molecule has 3 N–H and O–H groups in total. The van der Waals surface area contributed by atoms with Crippen LogP contribution in [0.1, 0.15) is 11.1 Å². The quantitative estimate of drug-likeness (QED) is 0.680. The first-order chi connectivity index (χ1) is 6.36. The van der Waals surface area contributed by atoms with Crippen molar-refractivity contribution in [3.8, 4) is 0 Å². The lowest BCUT2D eigenvalue weighted by atomic mass is 10.0. The van der Waals surface area contributed by atoms with Crippen molar-refractivity contribution in [3.63, 3.8) is 0 Å². The lowest BCUT2D eigenvalue weighted by Crippen LogP contribution is -2.16. The summed E-state index contributed by atoms with van der Waals surface area (Å²) in [5, 5.41) is 1.23. The van der Waals surface area contributed by atoms with Gasteiger partial charge in [0.05, 0.1) is 6.54 Å². The molecule has 0 spiro atoms. The Morgan fingerprint density at radius 2 is 2.21 bits per heavy atom. The number of nitrogens with zero attached hydrogens (tertiary/aromatic N) is 1. The van der Waals surface area contributed by atoms with Crippen LogP contribution in [-0.2, 0) is 6.54 Å². The Kier molecular flexibility index (Phi) is 1.97. The third-order valence-corrected chi connectivity index (χ3v) is 2.48. The smallest absolute Gasteiger partial charge is 0.126 e. The summed E-state index contributed by atoms with van der Waals surface area (Å²) in [5.74, 6) is 0.651. The van der Waals surface area contributed by atoms with Crippen molar-refractivity contribution in [3.05, 3.63) is 35.5 Å². The van der Waals surface area contributed by atoms with Crippen molar-refractivity contribution < 1.29 is 0 Å². The Balaban J connectivity index is 0.000000750. The van der Waals surface area contributed by atoms with Crippen LogP contribution in [-0.4, -0.2) is 10.8 Å². The number of nitrogens with two attached hydrogens (primary N) is 1. The first kappa shape index (κ1) is 9.09. The summed E-state index contributed by atoms with van der Waals surface area (Å²) in [5.41, 5.74) is 9.24. The van der Waals surface area contributed by atoms with Crippen molar-refractivity contribution in [1.82, 2.24) is 4.98 Å². The van der Waals surface area contributed by atoms with Gasteiger partial charge >= 0.3 is 0 Å². The number of benzene rings is 1. The Labute approximate surface area is 87.4 Å². The molecule has 3 rings (SSSR count). The number of hydrogen-bond donors (Lipinski definition) is 2. The molecule has 1 aliphatic rings. The van der Waals surface area contributed by atoms with Gasteiger partial charge in [-0.2, -0.15) is 0 Å². The molecule has 1 aliphatic heterocycles. The number of aromatic nitrogens is 1. The maximum atomic E-state index is 5.80. The molecular weight excluding hydrogens is 198 g/mol. The fourth-order valence-electron chi connectivity index (χ4n) is 1.85. The van der Waals surface area contributed by atoms with Gasteiger partial charge in [0.25, 0.3) is 0 Å². The molecule has 0 radical (unpaired) electrons. The summed E-state index contributed by atoms with van der Waals surface area (Å²) in [6.07, 6.45) is 2.00. The number of rotatable bonds is 0. The van der Waals surface area contributed by atoms with Crippen LogP contribution in [0.5, 0.6) is 0 Å². The van der Waals surface area contributed by atoms with E-state index in [2.05, 4.69) is 16.0 Å². The molecule has 2 aromatic rings. The van der Waals surface area contributed by atoms with Gasteiger partial charge in [0.15, 0.2) is 0 Å². The minimum absolute atomic E-state index is 0. The van der Waals surface area contributed by atoms with Crippen LogP contribution in [0.15, 0.2) is 29.4 Å². The van der Waals surface area contributed by atoms with E-state index in [1.54, 1.807) is 0 Å². The van der Waals surface area contributed by atoms with Gasteiger partial charge in [0, 0.05) is 22.7 Å². The average Bonchev–Trinajstić information content (AvgIpc) is 2.57. The lowest BCUT2D eigenvalue weighted by Gasteiger charge is -2.09. The largest absolute Gasteiger partial charge is 0.383 e. The highest BCUT2D eigenvalue weighted by molar-refractivity contribution is 6.10. The Morgan fingerprint density at radius 1 is 1.36 bits per heavy atom. The second-order valence-electron chi connectivity index (χ2n) is 3.24. The zero-order valence-corrected chi connectivity index (χ0v) is 8.27. The number of aromatic amines is 1. The molecule has 3 nitrogen and oxygen atoms in total. The SMILES string of the molecule is Cl.NC1=NCc2c[nH]c3cccc1c23. The van der Waals surface area contributed by atoms with E-state index in [1.807, 2.05) is 18.3 Å². The van der Waals surface area contributed by atoms with Crippen molar-refractivity contribution in [2.24, 2.45) is 10.7 Å². The minimum Gasteiger partial charge on any atom is -0.383 e.